The van der Waals surface area contributed by atoms with E-state index in [-0.39, 0.29) is 42.1 Å². The van der Waals surface area contributed by atoms with Crippen molar-refractivity contribution in [3.8, 4) is 0 Å². The van der Waals surface area contributed by atoms with Crippen LogP contribution in [0.4, 0.5) is 0 Å². The third-order valence-electron chi connectivity index (χ3n) is 4.94. The highest BCUT2D eigenvalue weighted by Gasteiger charge is 2.48. The van der Waals surface area contributed by atoms with Crippen molar-refractivity contribution in [1.29, 1.82) is 0 Å². The van der Waals surface area contributed by atoms with Crippen LogP contribution in [0.1, 0.15) is 38.5 Å². The Labute approximate surface area is 124 Å². The van der Waals surface area contributed by atoms with Gasteiger partial charge in [0.1, 0.15) is 6.54 Å². The fraction of sp³-hybridized carbons (Fsp3) is 0.800. The van der Waals surface area contributed by atoms with Crippen LogP contribution in [-0.2, 0) is 14.4 Å². The molecule has 2 N–H and O–H groups in total. The van der Waals surface area contributed by atoms with E-state index in [9.17, 15) is 14.4 Å². The summed E-state index contributed by atoms with van der Waals surface area (Å²) in [5.74, 6) is -0.812. The van der Waals surface area contributed by atoms with Crippen molar-refractivity contribution < 1.29 is 14.4 Å². The molecule has 116 valence electrons. The number of nitrogens with one attached hydrogen (secondary N) is 2. The third-order valence-corrected chi connectivity index (χ3v) is 4.94. The van der Waals surface area contributed by atoms with E-state index in [2.05, 4.69) is 10.6 Å². The van der Waals surface area contributed by atoms with E-state index in [0.717, 1.165) is 51.6 Å². The molecule has 1 aliphatic carbocycles. The number of imide groups is 1. The van der Waals surface area contributed by atoms with Gasteiger partial charge in [-0.25, -0.2) is 0 Å². The van der Waals surface area contributed by atoms with E-state index in [1.165, 1.54) is 4.90 Å². The first-order valence-corrected chi connectivity index (χ1v) is 8.02. The maximum atomic E-state index is 12.3. The van der Waals surface area contributed by atoms with Crippen LogP contribution in [0.15, 0.2) is 0 Å². The smallest absolute Gasteiger partial charge is 0.240 e. The van der Waals surface area contributed by atoms with Crippen molar-refractivity contribution in [2.24, 2.45) is 11.8 Å². The molecule has 0 aromatic rings. The number of fused-ring (bicyclic) bond motifs is 1. The molecule has 2 unspecified atom stereocenters. The van der Waals surface area contributed by atoms with Crippen LogP contribution < -0.4 is 10.6 Å². The molecule has 2 atom stereocenters. The lowest BCUT2D eigenvalue weighted by Gasteiger charge is -2.24. The number of nitrogens with zero attached hydrogens (tertiary/aromatic N) is 1. The number of hydrogen-bond acceptors (Lipinski definition) is 4. The van der Waals surface area contributed by atoms with Gasteiger partial charge in [0.05, 0.1) is 11.8 Å². The lowest BCUT2D eigenvalue weighted by atomic mass is 9.81. The highest BCUT2D eigenvalue weighted by atomic mass is 16.2. The maximum absolute atomic E-state index is 12.3. The minimum atomic E-state index is -0.206. The van der Waals surface area contributed by atoms with Gasteiger partial charge in [-0.15, -0.1) is 0 Å². The average molecular weight is 293 g/mol. The average Bonchev–Trinajstić information content (AvgIpc) is 2.74. The van der Waals surface area contributed by atoms with Crippen LogP contribution in [-0.4, -0.2) is 48.3 Å². The molecular weight excluding hydrogens is 270 g/mol. The topological polar surface area (TPSA) is 78.5 Å². The molecule has 1 saturated carbocycles. The predicted molar refractivity (Wildman–Crippen MR) is 76.2 cm³/mol. The lowest BCUT2D eigenvalue weighted by Crippen LogP contribution is -2.47. The summed E-state index contributed by atoms with van der Waals surface area (Å²) in [6, 6.07) is 0.161. The summed E-state index contributed by atoms with van der Waals surface area (Å²) < 4.78 is 0. The van der Waals surface area contributed by atoms with Gasteiger partial charge in [0.2, 0.25) is 17.7 Å². The molecule has 3 rings (SSSR count). The molecule has 2 heterocycles. The highest BCUT2D eigenvalue weighted by molar-refractivity contribution is 6.07. The van der Waals surface area contributed by atoms with E-state index in [1.807, 2.05) is 0 Å². The third kappa shape index (κ3) is 2.95. The minimum Gasteiger partial charge on any atom is -0.352 e. The highest BCUT2D eigenvalue weighted by Crippen LogP contribution is 2.37. The summed E-state index contributed by atoms with van der Waals surface area (Å²) >= 11 is 0. The number of rotatable bonds is 3. The predicted octanol–water partition coefficient (Wildman–Crippen LogP) is 0.0298. The fourth-order valence-corrected chi connectivity index (χ4v) is 3.77. The fourth-order valence-electron chi connectivity index (χ4n) is 3.77. The Balaban J connectivity index is 1.57. The standard InChI is InChI=1S/C15H23N3O3/c19-13(17-10-5-7-16-8-6-10)9-18-14(20)11-3-1-2-4-12(11)15(18)21/h10-12,16H,1-9H2,(H,17,19). The Morgan fingerprint density at radius 1 is 1.05 bits per heavy atom. The van der Waals surface area contributed by atoms with Crippen LogP contribution in [0, 0.1) is 11.8 Å². The van der Waals surface area contributed by atoms with E-state index >= 15 is 0 Å². The number of amides is 3. The van der Waals surface area contributed by atoms with Crippen molar-refractivity contribution in [1.82, 2.24) is 15.5 Å². The van der Waals surface area contributed by atoms with Crippen molar-refractivity contribution in [2.45, 2.75) is 44.6 Å². The van der Waals surface area contributed by atoms with Crippen LogP contribution in [0.3, 0.4) is 0 Å². The van der Waals surface area contributed by atoms with Crippen molar-refractivity contribution >= 4 is 17.7 Å². The second-order valence-electron chi connectivity index (χ2n) is 6.35. The molecule has 3 aliphatic rings. The summed E-state index contributed by atoms with van der Waals surface area (Å²) in [6.45, 7) is 1.70. The second-order valence-corrected chi connectivity index (χ2v) is 6.35. The molecule has 0 aromatic carbocycles. The van der Waals surface area contributed by atoms with Gasteiger partial charge in [0.25, 0.3) is 0 Å². The number of carbonyl (C=O) groups is 3. The number of carbonyl (C=O) groups excluding carboxylic acids is 3. The van der Waals surface area contributed by atoms with Crippen LogP contribution in [0.25, 0.3) is 0 Å². The first-order chi connectivity index (χ1) is 10.2. The summed E-state index contributed by atoms with van der Waals surface area (Å²) in [5.41, 5.74) is 0. The molecule has 0 spiro atoms. The molecule has 2 aliphatic heterocycles. The van der Waals surface area contributed by atoms with Gasteiger partial charge in [-0.3, -0.25) is 19.3 Å². The SMILES string of the molecule is O=C(CN1C(=O)C2CCCCC2C1=O)NC1CCNCC1. The maximum Gasteiger partial charge on any atom is 0.240 e. The van der Waals surface area contributed by atoms with Gasteiger partial charge in [0, 0.05) is 6.04 Å². The minimum absolute atomic E-state index is 0.103. The first-order valence-electron chi connectivity index (χ1n) is 8.02. The van der Waals surface area contributed by atoms with Gasteiger partial charge in [-0.1, -0.05) is 12.8 Å². The zero-order chi connectivity index (χ0) is 14.8. The summed E-state index contributed by atoms with van der Waals surface area (Å²) in [6.07, 6.45) is 5.41. The van der Waals surface area contributed by atoms with Crippen molar-refractivity contribution in [3.05, 3.63) is 0 Å². The molecule has 3 fully saturated rings. The van der Waals surface area contributed by atoms with Crippen LogP contribution in [0.5, 0.6) is 0 Å². The van der Waals surface area contributed by atoms with Gasteiger partial charge in [-0.05, 0) is 38.8 Å². The molecule has 0 aromatic heterocycles. The van der Waals surface area contributed by atoms with E-state index in [4.69, 9.17) is 0 Å². The number of likely N-dealkylation sites (tertiary alicyclic amines) is 1. The Hall–Kier alpha value is -1.43. The largest absolute Gasteiger partial charge is 0.352 e. The van der Waals surface area contributed by atoms with Crippen molar-refractivity contribution in [3.63, 3.8) is 0 Å². The van der Waals surface area contributed by atoms with E-state index < -0.39 is 0 Å². The molecule has 0 bridgehead atoms. The van der Waals surface area contributed by atoms with Gasteiger partial charge in [-0.2, -0.15) is 0 Å². The van der Waals surface area contributed by atoms with Crippen molar-refractivity contribution in [2.75, 3.05) is 19.6 Å². The molecule has 2 saturated heterocycles. The number of hydrogen-bond donors (Lipinski definition) is 2. The number of piperidine rings is 1. The van der Waals surface area contributed by atoms with Gasteiger partial charge < -0.3 is 10.6 Å². The molecule has 6 heteroatoms. The van der Waals surface area contributed by atoms with Gasteiger partial charge >= 0.3 is 0 Å². The Kier molecular flexibility index (Phi) is 4.24. The molecule has 3 amide bonds. The summed E-state index contributed by atoms with van der Waals surface area (Å²) in [4.78, 5) is 37.9. The Morgan fingerprint density at radius 3 is 2.19 bits per heavy atom. The zero-order valence-corrected chi connectivity index (χ0v) is 12.3. The molecule has 0 radical (unpaired) electrons. The zero-order valence-electron chi connectivity index (χ0n) is 12.3. The quantitative estimate of drug-likeness (QED) is 0.720. The Bertz CT molecular complexity index is 421. The summed E-state index contributed by atoms with van der Waals surface area (Å²) in [5, 5.41) is 6.18. The lowest BCUT2D eigenvalue weighted by molar-refractivity contribution is -0.143. The molecule has 6 nitrogen and oxygen atoms in total. The normalized spacial score (nSPS) is 30.4. The van der Waals surface area contributed by atoms with Crippen LogP contribution in [0.2, 0.25) is 0 Å². The van der Waals surface area contributed by atoms with Crippen LogP contribution >= 0.6 is 0 Å². The Morgan fingerprint density at radius 2 is 1.62 bits per heavy atom. The monoisotopic (exact) mass is 293 g/mol. The van der Waals surface area contributed by atoms with E-state index in [0.29, 0.717) is 0 Å². The first kappa shape index (κ1) is 14.5. The summed E-state index contributed by atoms with van der Waals surface area (Å²) in [7, 11) is 0. The molecule has 21 heavy (non-hydrogen) atoms. The van der Waals surface area contributed by atoms with E-state index in [1.54, 1.807) is 0 Å². The molecular formula is C15H23N3O3. The second kappa shape index (κ2) is 6.13. The van der Waals surface area contributed by atoms with Gasteiger partial charge in [0.15, 0.2) is 0 Å².